The van der Waals surface area contributed by atoms with Gasteiger partial charge < -0.3 is 15.8 Å². The topological polar surface area (TPSA) is 64.3 Å². The van der Waals surface area contributed by atoms with Crippen LogP contribution < -0.4 is 15.8 Å². The van der Waals surface area contributed by atoms with Crippen molar-refractivity contribution in [3.8, 4) is 5.75 Å². The lowest BCUT2D eigenvalue weighted by molar-refractivity contribution is -0.122. The van der Waals surface area contributed by atoms with Crippen LogP contribution in [0.5, 0.6) is 5.75 Å². The number of carbonyl (C=O) groups excluding carboxylic acids is 1. The van der Waals surface area contributed by atoms with Crippen molar-refractivity contribution >= 4 is 18.3 Å². The molecule has 3 N–H and O–H groups in total. The van der Waals surface area contributed by atoms with Gasteiger partial charge in [0.25, 0.3) is 0 Å². The second kappa shape index (κ2) is 9.70. The van der Waals surface area contributed by atoms with Crippen LogP contribution in [0.15, 0.2) is 24.3 Å². The lowest BCUT2D eigenvalue weighted by Gasteiger charge is -2.31. The summed E-state index contributed by atoms with van der Waals surface area (Å²) >= 11 is 0. The van der Waals surface area contributed by atoms with Gasteiger partial charge in [-0.05, 0) is 37.3 Å². The van der Waals surface area contributed by atoms with Crippen LogP contribution in [-0.2, 0) is 11.2 Å². The smallest absolute Gasteiger partial charge is 0.220 e. The number of halogens is 1. The van der Waals surface area contributed by atoms with Crippen molar-refractivity contribution in [3.05, 3.63) is 29.8 Å². The molecule has 22 heavy (non-hydrogen) atoms. The Morgan fingerprint density at radius 3 is 2.55 bits per heavy atom. The second-order valence-electron chi connectivity index (χ2n) is 6.22. The molecule has 0 saturated carbocycles. The highest BCUT2D eigenvalue weighted by molar-refractivity contribution is 5.85. The Kier molecular flexibility index (Phi) is 9.14. The Bertz CT molecular complexity index is 466. The minimum absolute atomic E-state index is 0. The van der Waals surface area contributed by atoms with Crippen LogP contribution in [0.3, 0.4) is 0 Å². The number of hydrogen-bond acceptors (Lipinski definition) is 3. The first-order valence-corrected chi connectivity index (χ1v) is 7.53. The summed E-state index contributed by atoms with van der Waals surface area (Å²) in [6.07, 6.45) is 1.98. The molecular weight excluding hydrogens is 300 g/mol. The molecule has 1 unspecified atom stereocenters. The van der Waals surface area contributed by atoms with E-state index in [4.69, 9.17) is 10.5 Å². The van der Waals surface area contributed by atoms with E-state index in [2.05, 4.69) is 19.2 Å². The third-order valence-corrected chi connectivity index (χ3v) is 3.56. The molecule has 5 heteroatoms. The number of para-hydroxylation sites is 1. The summed E-state index contributed by atoms with van der Waals surface area (Å²) < 4.78 is 5.30. The van der Waals surface area contributed by atoms with Crippen molar-refractivity contribution in [1.29, 1.82) is 0 Å². The number of aryl methyl sites for hydroxylation is 1. The van der Waals surface area contributed by atoms with Crippen molar-refractivity contribution < 1.29 is 9.53 Å². The standard InChI is InChI=1S/C17H28N2O2.ClH/c1-13(2)11-17(3,12-18)19-16(20)10-9-14-7-5-6-8-15(14)21-4;/h5-8,13H,9-12,18H2,1-4H3,(H,19,20);1H. The molecule has 0 bridgehead atoms. The third-order valence-electron chi connectivity index (χ3n) is 3.56. The fourth-order valence-electron chi connectivity index (χ4n) is 2.64. The van der Waals surface area contributed by atoms with Gasteiger partial charge in [-0.3, -0.25) is 4.79 Å². The molecule has 1 rings (SSSR count). The van der Waals surface area contributed by atoms with E-state index in [0.717, 1.165) is 17.7 Å². The zero-order chi connectivity index (χ0) is 15.9. The number of nitrogens with one attached hydrogen (secondary N) is 1. The zero-order valence-electron chi connectivity index (χ0n) is 14.0. The van der Waals surface area contributed by atoms with Crippen LogP contribution in [0.2, 0.25) is 0 Å². The quantitative estimate of drug-likeness (QED) is 0.771. The van der Waals surface area contributed by atoms with Crippen LogP contribution in [0, 0.1) is 5.92 Å². The van der Waals surface area contributed by atoms with Crippen LogP contribution in [-0.4, -0.2) is 25.1 Å². The van der Waals surface area contributed by atoms with Crippen LogP contribution >= 0.6 is 12.4 Å². The Hall–Kier alpha value is -1.26. The fourth-order valence-corrected chi connectivity index (χ4v) is 2.64. The molecule has 0 aromatic heterocycles. The predicted octanol–water partition coefficient (Wildman–Crippen LogP) is 2.93. The highest BCUT2D eigenvalue weighted by Crippen LogP contribution is 2.19. The van der Waals surface area contributed by atoms with E-state index < -0.39 is 0 Å². The molecule has 0 aliphatic carbocycles. The molecule has 0 saturated heterocycles. The number of rotatable bonds is 8. The maximum atomic E-state index is 12.2. The highest BCUT2D eigenvalue weighted by Gasteiger charge is 2.25. The third kappa shape index (κ3) is 6.67. The van der Waals surface area contributed by atoms with Gasteiger partial charge in [0.15, 0.2) is 0 Å². The minimum Gasteiger partial charge on any atom is -0.496 e. The van der Waals surface area contributed by atoms with E-state index in [1.54, 1.807) is 7.11 Å². The van der Waals surface area contributed by atoms with Crippen molar-refractivity contribution in [3.63, 3.8) is 0 Å². The number of nitrogens with two attached hydrogens (primary N) is 1. The summed E-state index contributed by atoms with van der Waals surface area (Å²) in [6.45, 7) is 6.73. The second-order valence-corrected chi connectivity index (χ2v) is 6.22. The molecule has 0 fully saturated rings. The van der Waals surface area contributed by atoms with Gasteiger partial charge in [-0.1, -0.05) is 32.0 Å². The summed E-state index contributed by atoms with van der Waals surface area (Å²) in [4.78, 5) is 12.2. The molecule has 0 radical (unpaired) electrons. The summed E-state index contributed by atoms with van der Waals surface area (Å²) in [6, 6.07) is 7.79. The number of methoxy groups -OCH3 is 1. The van der Waals surface area contributed by atoms with Crippen LogP contribution in [0.1, 0.15) is 39.2 Å². The van der Waals surface area contributed by atoms with E-state index in [0.29, 0.717) is 25.3 Å². The predicted molar refractivity (Wildman–Crippen MR) is 93.6 cm³/mol. The first-order valence-electron chi connectivity index (χ1n) is 7.53. The first-order chi connectivity index (χ1) is 9.90. The van der Waals surface area contributed by atoms with E-state index in [9.17, 15) is 4.79 Å². The Balaban J connectivity index is 0.00000441. The van der Waals surface area contributed by atoms with E-state index >= 15 is 0 Å². The van der Waals surface area contributed by atoms with Crippen molar-refractivity contribution in [2.24, 2.45) is 11.7 Å². The number of amides is 1. The van der Waals surface area contributed by atoms with Crippen LogP contribution in [0.25, 0.3) is 0 Å². The maximum absolute atomic E-state index is 12.2. The Labute approximate surface area is 140 Å². The molecule has 1 amide bonds. The van der Waals surface area contributed by atoms with Crippen molar-refractivity contribution in [2.75, 3.05) is 13.7 Å². The molecule has 4 nitrogen and oxygen atoms in total. The maximum Gasteiger partial charge on any atom is 0.220 e. The van der Waals surface area contributed by atoms with Gasteiger partial charge in [0.2, 0.25) is 5.91 Å². The van der Waals surface area contributed by atoms with Gasteiger partial charge in [-0.2, -0.15) is 0 Å². The molecule has 0 spiro atoms. The van der Waals surface area contributed by atoms with Crippen LogP contribution in [0.4, 0.5) is 0 Å². The summed E-state index contributed by atoms with van der Waals surface area (Å²) in [5.41, 5.74) is 6.54. The molecular formula is C17H29ClN2O2. The van der Waals surface area contributed by atoms with Gasteiger partial charge >= 0.3 is 0 Å². The number of hydrogen-bond donors (Lipinski definition) is 2. The lowest BCUT2D eigenvalue weighted by atomic mass is 9.90. The minimum atomic E-state index is -0.327. The normalized spacial score (nSPS) is 13.2. The molecule has 1 aromatic carbocycles. The van der Waals surface area contributed by atoms with Gasteiger partial charge in [-0.15, -0.1) is 12.4 Å². The van der Waals surface area contributed by atoms with Gasteiger partial charge in [0.1, 0.15) is 5.75 Å². The van der Waals surface area contributed by atoms with Gasteiger partial charge in [0, 0.05) is 18.5 Å². The highest BCUT2D eigenvalue weighted by atomic mass is 35.5. The fraction of sp³-hybridized carbons (Fsp3) is 0.588. The van der Waals surface area contributed by atoms with Crippen molar-refractivity contribution in [2.45, 2.75) is 45.6 Å². The molecule has 126 valence electrons. The van der Waals surface area contributed by atoms with Crippen molar-refractivity contribution in [1.82, 2.24) is 5.32 Å². The molecule has 0 aliphatic rings. The zero-order valence-corrected chi connectivity index (χ0v) is 14.8. The SMILES string of the molecule is COc1ccccc1CCC(=O)NC(C)(CN)CC(C)C.Cl. The monoisotopic (exact) mass is 328 g/mol. The van der Waals surface area contributed by atoms with Gasteiger partial charge in [-0.25, -0.2) is 0 Å². The summed E-state index contributed by atoms with van der Waals surface area (Å²) in [7, 11) is 1.65. The molecule has 0 heterocycles. The van der Waals surface area contributed by atoms with E-state index in [-0.39, 0.29) is 23.9 Å². The average Bonchev–Trinajstić information content (AvgIpc) is 2.44. The number of carbonyl (C=O) groups is 1. The largest absolute Gasteiger partial charge is 0.496 e. The first kappa shape index (κ1) is 20.7. The number of ether oxygens (including phenoxy) is 1. The summed E-state index contributed by atoms with van der Waals surface area (Å²) in [5, 5.41) is 3.08. The van der Waals surface area contributed by atoms with E-state index in [1.807, 2.05) is 31.2 Å². The Morgan fingerprint density at radius 1 is 1.36 bits per heavy atom. The molecule has 1 aromatic rings. The van der Waals surface area contributed by atoms with E-state index in [1.165, 1.54) is 0 Å². The summed E-state index contributed by atoms with van der Waals surface area (Å²) in [5.74, 6) is 1.36. The molecule has 1 atom stereocenters. The lowest BCUT2D eigenvalue weighted by Crippen LogP contribution is -2.52. The number of benzene rings is 1. The average molecular weight is 329 g/mol. The Morgan fingerprint density at radius 2 is 2.00 bits per heavy atom. The molecule has 0 aliphatic heterocycles. The van der Waals surface area contributed by atoms with Gasteiger partial charge in [0.05, 0.1) is 7.11 Å².